The van der Waals surface area contributed by atoms with Crippen molar-refractivity contribution < 1.29 is 17.4 Å². The van der Waals surface area contributed by atoms with Gasteiger partial charge in [-0.1, -0.05) is 29.8 Å². The van der Waals surface area contributed by atoms with Crippen LogP contribution >= 0.6 is 0 Å². The van der Waals surface area contributed by atoms with Crippen molar-refractivity contribution in [1.82, 2.24) is 0 Å². The molecule has 0 saturated heterocycles. The Morgan fingerprint density at radius 2 is 1.78 bits per heavy atom. The highest BCUT2D eigenvalue weighted by Crippen LogP contribution is 2.05. The molecule has 1 unspecified atom stereocenters. The van der Waals surface area contributed by atoms with Crippen LogP contribution in [0.3, 0.4) is 0 Å². The summed E-state index contributed by atoms with van der Waals surface area (Å²) in [5, 5.41) is 0. The average Bonchev–Trinajstić information content (AvgIpc) is 2.26. The van der Waals surface area contributed by atoms with E-state index in [1.165, 1.54) is 0 Å². The van der Waals surface area contributed by atoms with Crippen molar-refractivity contribution in [1.29, 1.82) is 0 Å². The molecule has 0 N–H and O–H groups in total. The zero-order valence-electron chi connectivity index (χ0n) is 10.4. The molecule has 0 bridgehead atoms. The van der Waals surface area contributed by atoms with Gasteiger partial charge >= 0.3 is 0 Å². The van der Waals surface area contributed by atoms with Crippen LogP contribution in [0, 0.1) is 6.92 Å². The lowest BCUT2D eigenvalue weighted by atomic mass is 10.1. The van der Waals surface area contributed by atoms with Gasteiger partial charge in [0.15, 0.2) is 5.78 Å². The predicted octanol–water partition coefficient (Wildman–Crippen LogP) is 0.971. The summed E-state index contributed by atoms with van der Waals surface area (Å²) in [4.78, 5) is 11.7. The first-order valence-electron chi connectivity index (χ1n) is 5.40. The molecule has 0 fully saturated rings. The molecule has 0 aliphatic rings. The van der Waals surface area contributed by atoms with Crippen molar-refractivity contribution in [2.75, 3.05) is 23.5 Å². The number of carbonyl (C=O) groups is 1. The quantitative estimate of drug-likeness (QED) is 0.732. The largest absolute Gasteiger partial charge is 0.293 e. The Balaban J connectivity index is 2.55. The summed E-state index contributed by atoms with van der Waals surface area (Å²) >= 11 is 0. The van der Waals surface area contributed by atoms with E-state index >= 15 is 0 Å². The minimum atomic E-state index is -3.13. The van der Waals surface area contributed by atoms with Crippen molar-refractivity contribution in [3.63, 3.8) is 0 Å². The molecule has 1 aromatic rings. The van der Waals surface area contributed by atoms with E-state index in [9.17, 15) is 17.4 Å². The highest BCUT2D eigenvalue weighted by Gasteiger charge is 2.12. The lowest BCUT2D eigenvalue weighted by Crippen LogP contribution is -2.18. The van der Waals surface area contributed by atoms with E-state index in [0.717, 1.165) is 11.8 Å². The molecule has 0 radical (unpaired) electrons. The number of sulfone groups is 1. The van der Waals surface area contributed by atoms with Crippen molar-refractivity contribution >= 4 is 26.4 Å². The molecular weight excluding hydrogens is 272 g/mol. The minimum Gasteiger partial charge on any atom is -0.293 e. The molecule has 0 saturated carbocycles. The summed E-state index contributed by atoms with van der Waals surface area (Å²) in [5.74, 6) is -0.489. The maximum atomic E-state index is 11.7. The summed E-state index contributed by atoms with van der Waals surface area (Å²) in [7, 11) is -4.56. The second kappa shape index (κ2) is 6.24. The third-order valence-corrected chi connectivity index (χ3v) is 4.80. The Labute approximate surface area is 110 Å². The number of rotatable bonds is 6. The van der Waals surface area contributed by atoms with Gasteiger partial charge in [-0.3, -0.25) is 9.00 Å². The van der Waals surface area contributed by atoms with Gasteiger partial charge in [0.25, 0.3) is 0 Å². The standard InChI is InChI=1S/C12H16O4S2/c1-10-3-5-11(6-4-10)12(13)9-17(14)7-8-18(2,15)16/h3-6H,7-9H2,1-2H3. The third kappa shape index (κ3) is 5.55. The fourth-order valence-corrected chi connectivity index (χ4v) is 3.84. The van der Waals surface area contributed by atoms with Gasteiger partial charge in [-0.2, -0.15) is 0 Å². The summed E-state index contributed by atoms with van der Waals surface area (Å²) < 4.78 is 33.4. The van der Waals surface area contributed by atoms with Crippen LogP contribution in [0.25, 0.3) is 0 Å². The van der Waals surface area contributed by atoms with Crippen LogP contribution in [0.2, 0.25) is 0 Å². The third-order valence-electron chi connectivity index (χ3n) is 2.35. The molecule has 18 heavy (non-hydrogen) atoms. The smallest absolute Gasteiger partial charge is 0.175 e. The zero-order valence-corrected chi connectivity index (χ0v) is 12.0. The molecule has 4 nitrogen and oxygen atoms in total. The SMILES string of the molecule is Cc1ccc(C(=O)CS(=O)CCS(C)(=O)=O)cc1. The lowest BCUT2D eigenvalue weighted by Gasteiger charge is -2.02. The molecule has 1 rings (SSSR count). The van der Waals surface area contributed by atoms with Gasteiger partial charge in [-0.15, -0.1) is 0 Å². The van der Waals surface area contributed by atoms with E-state index in [0.29, 0.717) is 5.56 Å². The maximum absolute atomic E-state index is 11.7. The first-order chi connectivity index (χ1) is 8.28. The van der Waals surface area contributed by atoms with Crippen LogP contribution < -0.4 is 0 Å². The van der Waals surface area contributed by atoms with Gasteiger partial charge in [0.2, 0.25) is 0 Å². The van der Waals surface area contributed by atoms with E-state index < -0.39 is 20.6 Å². The summed E-state index contributed by atoms with van der Waals surface area (Å²) in [6, 6.07) is 7.00. The molecule has 100 valence electrons. The highest BCUT2D eigenvalue weighted by molar-refractivity contribution is 7.92. The molecule has 0 aromatic heterocycles. The van der Waals surface area contributed by atoms with Crippen LogP contribution in [0.4, 0.5) is 0 Å². The van der Waals surface area contributed by atoms with Crippen LogP contribution in [-0.2, 0) is 20.6 Å². The topological polar surface area (TPSA) is 68.3 Å². The van der Waals surface area contributed by atoms with Gasteiger partial charge in [0.1, 0.15) is 9.84 Å². The van der Waals surface area contributed by atoms with Gasteiger partial charge in [-0.25, -0.2) is 8.42 Å². The highest BCUT2D eigenvalue weighted by atomic mass is 32.2. The maximum Gasteiger partial charge on any atom is 0.175 e. The number of Topliss-reactive ketones (excluding diaryl/α,β-unsaturated/α-hetero) is 1. The van der Waals surface area contributed by atoms with Crippen LogP contribution in [-0.4, -0.2) is 41.9 Å². The second-order valence-electron chi connectivity index (χ2n) is 4.21. The predicted molar refractivity (Wildman–Crippen MR) is 73.1 cm³/mol. The van der Waals surface area contributed by atoms with E-state index in [4.69, 9.17) is 0 Å². The van der Waals surface area contributed by atoms with E-state index in [1.807, 2.05) is 19.1 Å². The van der Waals surface area contributed by atoms with Crippen molar-refractivity contribution in [3.05, 3.63) is 35.4 Å². The van der Waals surface area contributed by atoms with E-state index in [2.05, 4.69) is 0 Å². The van der Waals surface area contributed by atoms with E-state index in [-0.39, 0.29) is 23.0 Å². The number of benzene rings is 1. The molecule has 1 atom stereocenters. The number of ketones is 1. The normalized spacial score (nSPS) is 13.2. The minimum absolute atomic E-state index is 0.0104. The average molecular weight is 288 g/mol. The first-order valence-corrected chi connectivity index (χ1v) is 8.95. The Kier molecular flexibility index (Phi) is 5.22. The fraction of sp³-hybridized carbons (Fsp3) is 0.417. The number of carbonyl (C=O) groups excluding carboxylic acids is 1. The Morgan fingerprint density at radius 1 is 1.22 bits per heavy atom. The molecule has 0 spiro atoms. The summed E-state index contributed by atoms with van der Waals surface area (Å²) in [6.45, 7) is 1.92. The van der Waals surface area contributed by atoms with Crippen molar-refractivity contribution in [3.8, 4) is 0 Å². The number of hydrogen-bond acceptors (Lipinski definition) is 4. The zero-order chi connectivity index (χ0) is 13.8. The molecule has 0 amide bonds. The second-order valence-corrected chi connectivity index (χ2v) is 8.04. The molecular formula is C12H16O4S2. The fourth-order valence-electron chi connectivity index (χ4n) is 1.29. The molecule has 0 heterocycles. The molecule has 0 aliphatic heterocycles. The molecule has 6 heteroatoms. The molecule has 1 aromatic carbocycles. The number of aryl methyl sites for hydroxylation is 1. The number of hydrogen-bond donors (Lipinski definition) is 0. The van der Waals surface area contributed by atoms with E-state index in [1.54, 1.807) is 12.1 Å². The van der Waals surface area contributed by atoms with Gasteiger partial charge in [0.05, 0.1) is 11.5 Å². The van der Waals surface area contributed by atoms with Crippen LogP contribution in [0.1, 0.15) is 15.9 Å². The van der Waals surface area contributed by atoms with Crippen molar-refractivity contribution in [2.45, 2.75) is 6.92 Å². The van der Waals surface area contributed by atoms with Crippen LogP contribution in [0.15, 0.2) is 24.3 Å². The monoisotopic (exact) mass is 288 g/mol. The van der Waals surface area contributed by atoms with Crippen LogP contribution in [0.5, 0.6) is 0 Å². The summed E-state index contributed by atoms with van der Waals surface area (Å²) in [5.41, 5.74) is 1.55. The van der Waals surface area contributed by atoms with Gasteiger partial charge in [-0.05, 0) is 6.92 Å². The van der Waals surface area contributed by atoms with Gasteiger partial charge in [0, 0.05) is 28.4 Å². The first kappa shape index (κ1) is 15.0. The Bertz CT molecular complexity index is 544. The van der Waals surface area contributed by atoms with Crippen molar-refractivity contribution in [2.24, 2.45) is 0 Å². The lowest BCUT2D eigenvalue weighted by molar-refractivity contribution is 0.102. The van der Waals surface area contributed by atoms with Gasteiger partial charge < -0.3 is 0 Å². The Hall–Kier alpha value is -1.01. The Morgan fingerprint density at radius 3 is 2.28 bits per heavy atom. The summed E-state index contributed by atoms with van der Waals surface area (Å²) in [6.07, 6.45) is 1.09. The molecule has 0 aliphatic carbocycles.